The minimum Gasteiger partial charge on any atom is -0.369 e. The number of isothiocyanates is 1. The van der Waals surface area contributed by atoms with Crippen LogP contribution >= 0.6 is 12.2 Å². The number of hydrogen-bond donors (Lipinski definition) is 1. The number of thiocarbonyl (C=S) groups is 1. The third-order valence-electron chi connectivity index (χ3n) is 2.17. The van der Waals surface area contributed by atoms with E-state index in [2.05, 4.69) is 22.4 Å². The molecule has 1 heterocycles. The molecule has 0 aromatic rings. The fourth-order valence-electron chi connectivity index (χ4n) is 1.50. The summed E-state index contributed by atoms with van der Waals surface area (Å²) in [6.07, 6.45) is 1.88. The minimum absolute atomic E-state index is 0.267. The van der Waals surface area contributed by atoms with Gasteiger partial charge in [-0.2, -0.15) is 0 Å². The summed E-state index contributed by atoms with van der Waals surface area (Å²) in [6.45, 7) is 2.09. The predicted molar refractivity (Wildman–Crippen MR) is 53.7 cm³/mol. The molecule has 1 aliphatic heterocycles. The lowest BCUT2D eigenvalue weighted by molar-refractivity contribution is -0.119. The summed E-state index contributed by atoms with van der Waals surface area (Å²) in [6, 6.07) is 0.293. The fourth-order valence-corrected chi connectivity index (χ4v) is 1.65. The minimum atomic E-state index is -0.267. The molecule has 0 spiro atoms. The second kappa shape index (κ2) is 5.07. The van der Waals surface area contributed by atoms with Crippen LogP contribution in [0, 0.1) is 0 Å². The van der Waals surface area contributed by atoms with Gasteiger partial charge in [-0.15, -0.1) is 0 Å². The zero-order chi connectivity index (χ0) is 9.68. The van der Waals surface area contributed by atoms with Crippen molar-refractivity contribution in [2.75, 3.05) is 19.6 Å². The maximum atomic E-state index is 10.6. The number of amides is 1. The van der Waals surface area contributed by atoms with Gasteiger partial charge in [0.25, 0.3) is 0 Å². The van der Waals surface area contributed by atoms with E-state index in [1.807, 2.05) is 4.90 Å². The molecule has 1 saturated heterocycles. The van der Waals surface area contributed by atoms with Crippen molar-refractivity contribution in [2.24, 2.45) is 10.7 Å². The monoisotopic (exact) mass is 199 g/mol. The first kappa shape index (κ1) is 10.3. The van der Waals surface area contributed by atoms with Crippen LogP contribution in [0.3, 0.4) is 0 Å². The van der Waals surface area contributed by atoms with Crippen LogP contribution < -0.4 is 5.73 Å². The van der Waals surface area contributed by atoms with Crippen LogP contribution in [0.1, 0.15) is 12.8 Å². The third-order valence-corrected chi connectivity index (χ3v) is 2.28. The lowest BCUT2D eigenvalue weighted by atomic mass is 10.1. The fraction of sp³-hybridized carbons (Fsp3) is 0.750. The Morgan fingerprint density at radius 1 is 1.62 bits per heavy atom. The second-order valence-electron chi connectivity index (χ2n) is 3.19. The molecular formula is C8H13N3OS. The third kappa shape index (κ3) is 3.63. The Kier molecular flexibility index (Phi) is 4.02. The number of aliphatic imine (C=N–C) groups is 1. The van der Waals surface area contributed by atoms with Gasteiger partial charge in [0.15, 0.2) is 0 Å². The van der Waals surface area contributed by atoms with Crippen molar-refractivity contribution in [1.29, 1.82) is 0 Å². The topological polar surface area (TPSA) is 58.7 Å². The van der Waals surface area contributed by atoms with E-state index < -0.39 is 0 Å². The zero-order valence-electron chi connectivity index (χ0n) is 7.40. The molecule has 1 aliphatic rings. The highest BCUT2D eigenvalue weighted by molar-refractivity contribution is 7.78. The van der Waals surface area contributed by atoms with Crippen molar-refractivity contribution >= 4 is 23.3 Å². The molecule has 0 saturated carbocycles. The van der Waals surface area contributed by atoms with Gasteiger partial charge in [-0.1, -0.05) is 0 Å². The van der Waals surface area contributed by atoms with Crippen LogP contribution in [0.2, 0.25) is 0 Å². The van der Waals surface area contributed by atoms with Gasteiger partial charge in [0.1, 0.15) is 0 Å². The van der Waals surface area contributed by atoms with Crippen molar-refractivity contribution in [3.63, 3.8) is 0 Å². The molecule has 72 valence electrons. The lowest BCUT2D eigenvalue weighted by Gasteiger charge is -2.28. The Bertz CT molecular complexity index is 230. The van der Waals surface area contributed by atoms with E-state index in [9.17, 15) is 4.79 Å². The quantitative estimate of drug-likeness (QED) is 0.515. The van der Waals surface area contributed by atoms with E-state index in [1.165, 1.54) is 0 Å². The highest BCUT2D eigenvalue weighted by Gasteiger charge is 2.18. The highest BCUT2D eigenvalue weighted by Crippen LogP contribution is 2.12. The number of hydrogen-bond acceptors (Lipinski definition) is 4. The first-order valence-corrected chi connectivity index (χ1v) is 4.71. The molecule has 0 aromatic carbocycles. The summed E-state index contributed by atoms with van der Waals surface area (Å²) in [5.74, 6) is -0.267. The average molecular weight is 199 g/mol. The highest BCUT2D eigenvalue weighted by atomic mass is 32.1. The zero-order valence-corrected chi connectivity index (χ0v) is 8.22. The summed E-state index contributed by atoms with van der Waals surface area (Å²) in [4.78, 5) is 16.7. The summed E-state index contributed by atoms with van der Waals surface area (Å²) in [7, 11) is 0. The second-order valence-corrected chi connectivity index (χ2v) is 3.38. The van der Waals surface area contributed by atoms with Gasteiger partial charge >= 0.3 is 0 Å². The first-order chi connectivity index (χ1) is 6.22. The number of carbonyl (C=O) groups excluding carboxylic acids is 1. The van der Waals surface area contributed by atoms with E-state index >= 15 is 0 Å². The molecule has 4 nitrogen and oxygen atoms in total. The SMILES string of the molecule is NC(=O)CN1CCC(N=C=S)CC1. The molecule has 0 aromatic heterocycles. The van der Waals surface area contributed by atoms with Gasteiger partial charge < -0.3 is 5.73 Å². The lowest BCUT2D eigenvalue weighted by Crippen LogP contribution is -2.40. The molecule has 1 rings (SSSR count). The van der Waals surface area contributed by atoms with Gasteiger partial charge in [-0.05, 0) is 25.1 Å². The van der Waals surface area contributed by atoms with E-state index in [4.69, 9.17) is 5.73 Å². The smallest absolute Gasteiger partial charge is 0.231 e. The summed E-state index contributed by atoms with van der Waals surface area (Å²) < 4.78 is 0. The van der Waals surface area contributed by atoms with Gasteiger partial charge in [0, 0.05) is 13.1 Å². The van der Waals surface area contributed by atoms with Crippen LogP contribution in [0.15, 0.2) is 4.99 Å². The molecule has 1 amide bonds. The number of carbonyl (C=O) groups is 1. The molecule has 0 atom stereocenters. The number of piperidine rings is 1. The van der Waals surface area contributed by atoms with Crippen molar-refractivity contribution in [3.8, 4) is 0 Å². The molecule has 0 unspecified atom stereocenters. The number of rotatable bonds is 3. The van der Waals surface area contributed by atoms with Crippen molar-refractivity contribution < 1.29 is 4.79 Å². The molecule has 2 N–H and O–H groups in total. The van der Waals surface area contributed by atoms with E-state index in [0.717, 1.165) is 25.9 Å². The van der Waals surface area contributed by atoms with Gasteiger partial charge in [0.2, 0.25) is 5.91 Å². The maximum Gasteiger partial charge on any atom is 0.231 e. The summed E-state index contributed by atoms with van der Waals surface area (Å²) >= 11 is 4.53. The number of likely N-dealkylation sites (tertiary alicyclic amines) is 1. The molecule has 5 heteroatoms. The van der Waals surface area contributed by atoms with Gasteiger partial charge in [-0.3, -0.25) is 9.69 Å². The van der Waals surface area contributed by atoms with Gasteiger partial charge in [-0.25, -0.2) is 4.99 Å². The van der Waals surface area contributed by atoms with Crippen molar-refractivity contribution in [2.45, 2.75) is 18.9 Å². The van der Waals surface area contributed by atoms with Crippen molar-refractivity contribution in [3.05, 3.63) is 0 Å². The Hall–Kier alpha value is -0.770. The molecule has 0 bridgehead atoms. The van der Waals surface area contributed by atoms with Crippen LogP contribution in [-0.4, -0.2) is 41.6 Å². The maximum absolute atomic E-state index is 10.6. The van der Waals surface area contributed by atoms with E-state index in [-0.39, 0.29) is 5.91 Å². The molecule has 1 fully saturated rings. The Balaban J connectivity index is 2.30. The molecular weight excluding hydrogens is 186 g/mol. The van der Waals surface area contributed by atoms with Crippen LogP contribution in [0.5, 0.6) is 0 Å². The average Bonchev–Trinajstić information content (AvgIpc) is 2.08. The predicted octanol–water partition coefficient (Wildman–Crippen LogP) is 0.0389. The summed E-state index contributed by atoms with van der Waals surface area (Å²) in [5.41, 5.74) is 5.08. The van der Waals surface area contributed by atoms with Crippen LogP contribution in [0.25, 0.3) is 0 Å². The Morgan fingerprint density at radius 3 is 2.69 bits per heavy atom. The number of nitrogens with zero attached hydrogens (tertiary/aromatic N) is 2. The Morgan fingerprint density at radius 2 is 2.23 bits per heavy atom. The Labute approximate surface area is 82.8 Å². The normalized spacial score (nSPS) is 19.4. The van der Waals surface area contributed by atoms with E-state index in [0.29, 0.717) is 12.6 Å². The molecule has 0 aliphatic carbocycles. The largest absolute Gasteiger partial charge is 0.369 e. The molecule has 13 heavy (non-hydrogen) atoms. The van der Waals surface area contributed by atoms with E-state index in [1.54, 1.807) is 0 Å². The standard InChI is InChI=1S/C8H13N3OS/c9-8(12)5-11-3-1-7(2-4-11)10-6-13/h7H,1-5H2,(H2,9,12). The number of primary amides is 1. The van der Waals surface area contributed by atoms with Crippen molar-refractivity contribution in [1.82, 2.24) is 4.90 Å². The number of nitrogens with two attached hydrogens (primary N) is 1. The molecule has 0 radical (unpaired) electrons. The van der Waals surface area contributed by atoms with Gasteiger partial charge in [0.05, 0.1) is 17.7 Å². The van der Waals surface area contributed by atoms with Crippen LogP contribution in [-0.2, 0) is 4.79 Å². The summed E-state index contributed by atoms with van der Waals surface area (Å²) in [5, 5.41) is 2.39. The van der Waals surface area contributed by atoms with Crippen LogP contribution in [0.4, 0.5) is 0 Å². The first-order valence-electron chi connectivity index (χ1n) is 4.30.